The molecule has 3 N–H and O–H groups in total. The normalized spacial score (nSPS) is 11.3. The molecule has 0 aromatic heterocycles. The third kappa shape index (κ3) is 7.70. The number of amides is 2. The molecular formula is C20H22N2O5. The third-order valence-corrected chi connectivity index (χ3v) is 3.66. The molecule has 0 aliphatic heterocycles. The van der Waals surface area contributed by atoms with Gasteiger partial charge in [0.05, 0.1) is 0 Å². The second-order valence-electron chi connectivity index (χ2n) is 5.85. The van der Waals surface area contributed by atoms with Crippen LogP contribution in [-0.2, 0) is 32.3 Å². The monoisotopic (exact) mass is 370 g/mol. The molecule has 2 aromatic carbocycles. The number of carbonyl (C=O) groups is 3. The summed E-state index contributed by atoms with van der Waals surface area (Å²) in [7, 11) is 0. The van der Waals surface area contributed by atoms with E-state index in [1.54, 1.807) is 12.1 Å². The Labute approximate surface area is 157 Å². The molecule has 142 valence electrons. The Morgan fingerprint density at radius 3 is 1.93 bits per heavy atom. The summed E-state index contributed by atoms with van der Waals surface area (Å²) in [6.07, 6.45) is -0.878. The number of hydrogen-bond acceptors (Lipinski definition) is 6. The maximum atomic E-state index is 11.8. The van der Waals surface area contributed by atoms with Crippen LogP contribution >= 0.6 is 0 Å². The standard InChI is InChI=1S/C20H22N2O5/c21-17(19(24)26-13-15-7-3-1-4-8-15)11-12-18(23)22-20(25)27-14-16-9-5-2-6-10-16/h1-10,17H,11-14,21H2,(H,22,23,25)/t17-/m0/s1. The minimum absolute atomic E-state index is 0.0608. The van der Waals surface area contributed by atoms with E-state index in [1.165, 1.54) is 0 Å². The van der Waals surface area contributed by atoms with Gasteiger partial charge in [0.15, 0.2) is 0 Å². The molecule has 27 heavy (non-hydrogen) atoms. The van der Waals surface area contributed by atoms with Gasteiger partial charge in [-0.1, -0.05) is 60.7 Å². The Morgan fingerprint density at radius 2 is 1.37 bits per heavy atom. The van der Waals surface area contributed by atoms with E-state index >= 15 is 0 Å². The van der Waals surface area contributed by atoms with Crippen LogP contribution in [0.15, 0.2) is 60.7 Å². The maximum absolute atomic E-state index is 11.8. The second kappa shape index (κ2) is 10.7. The lowest BCUT2D eigenvalue weighted by molar-refractivity contribution is -0.146. The fourth-order valence-corrected chi connectivity index (χ4v) is 2.18. The SMILES string of the molecule is N[C@@H](CCC(=O)NC(=O)OCc1ccccc1)C(=O)OCc1ccccc1. The molecule has 0 spiro atoms. The lowest BCUT2D eigenvalue weighted by atomic mass is 10.1. The van der Waals surface area contributed by atoms with Crippen molar-refractivity contribution >= 4 is 18.0 Å². The van der Waals surface area contributed by atoms with Crippen molar-refractivity contribution in [2.45, 2.75) is 32.1 Å². The fourth-order valence-electron chi connectivity index (χ4n) is 2.18. The molecular weight excluding hydrogens is 348 g/mol. The van der Waals surface area contributed by atoms with Crippen molar-refractivity contribution in [3.05, 3.63) is 71.8 Å². The first-order valence-electron chi connectivity index (χ1n) is 8.51. The van der Waals surface area contributed by atoms with Crippen LogP contribution in [0.4, 0.5) is 4.79 Å². The molecule has 7 nitrogen and oxygen atoms in total. The second-order valence-corrected chi connectivity index (χ2v) is 5.85. The number of imide groups is 1. The molecule has 0 fully saturated rings. The summed E-state index contributed by atoms with van der Waals surface area (Å²) in [5, 5.41) is 2.09. The predicted molar refractivity (Wildman–Crippen MR) is 98.2 cm³/mol. The van der Waals surface area contributed by atoms with Gasteiger partial charge in [-0.05, 0) is 17.5 Å². The number of alkyl carbamates (subject to hydrolysis) is 1. The highest BCUT2D eigenvalue weighted by atomic mass is 16.5. The molecule has 2 amide bonds. The lowest BCUT2D eigenvalue weighted by Crippen LogP contribution is -2.36. The zero-order chi connectivity index (χ0) is 19.5. The van der Waals surface area contributed by atoms with Gasteiger partial charge in [0.2, 0.25) is 5.91 Å². The Morgan fingerprint density at radius 1 is 0.852 bits per heavy atom. The van der Waals surface area contributed by atoms with Crippen molar-refractivity contribution in [3.63, 3.8) is 0 Å². The molecule has 7 heteroatoms. The molecule has 0 aliphatic rings. The van der Waals surface area contributed by atoms with Gasteiger partial charge in [0.1, 0.15) is 19.3 Å². The van der Waals surface area contributed by atoms with Gasteiger partial charge in [0.25, 0.3) is 0 Å². The summed E-state index contributed by atoms with van der Waals surface area (Å²) in [5.41, 5.74) is 7.38. The van der Waals surface area contributed by atoms with Gasteiger partial charge in [0, 0.05) is 6.42 Å². The molecule has 2 aromatic rings. The average molecular weight is 370 g/mol. The predicted octanol–water partition coefficient (Wildman–Crippen LogP) is 2.29. The summed E-state index contributed by atoms with van der Waals surface area (Å²) >= 11 is 0. The summed E-state index contributed by atoms with van der Waals surface area (Å²) < 4.78 is 10.1. The molecule has 2 rings (SSSR count). The average Bonchev–Trinajstić information content (AvgIpc) is 2.70. The van der Waals surface area contributed by atoms with Crippen LogP contribution in [0.3, 0.4) is 0 Å². The Hall–Kier alpha value is -3.19. The first-order valence-corrected chi connectivity index (χ1v) is 8.51. The summed E-state index contributed by atoms with van der Waals surface area (Å²) in [5.74, 6) is -1.17. The van der Waals surface area contributed by atoms with Gasteiger partial charge in [-0.25, -0.2) is 4.79 Å². The number of nitrogens with one attached hydrogen (secondary N) is 1. The van der Waals surface area contributed by atoms with Crippen LogP contribution in [0.1, 0.15) is 24.0 Å². The quantitative estimate of drug-likeness (QED) is 0.690. The van der Waals surface area contributed by atoms with Gasteiger partial charge in [-0.3, -0.25) is 14.9 Å². The van der Waals surface area contributed by atoms with E-state index in [0.717, 1.165) is 11.1 Å². The number of hydrogen-bond donors (Lipinski definition) is 2. The van der Waals surface area contributed by atoms with E-state index in [0.29, 0.717) is 0 Å². The van der Waals surface area contributed by atoms with Gasteiger partial charge < -0.3 is 15.2 Å². The van der Waals surface area contributed by atoms with Crippen LogP contribution in [0, 0.1) is 0 Å². The molecule has 0 saturated carbocycles. The number of benzene rings is 2. The molecule has 0 unspecified atom stereocenters. The van der Waals surface area contributed by atoms with Crippen LogP contribution < -0.4 is 11.1 Å². The highest BCUT2D eigenvalue weighted by molar-refractivity contribution is 5.92. The minimum Gasteiger partial charge on any atom is -0.460 e. The number of esters is 1. The highest BCUT2D eigenvalue weighted by Gasteiger charge is 2.18. The number of rotatable bonds is 8. The zero-order valence-electron chi connectivity index (χ0n) is 14.8. The van der Waals surface area contributed by atoms with Crippen molar-refractivity contribution in [1.82, 2.24) is 5.32 Å². The van der Waals surface area contributed by atoms with Crippen molar-refractivity contribution < 1.29 is 23.9 Å². The van der Waals surface area contributed by atoms with Crippen LogP contribution in [0.2, 0.25) is 0 Å². The molecule has 0 heterocycles. The molecule has 0 saturated heterocycles. The van der Waals surface area contributed by atoms with Crippen LogP contribution in [-0.4, -0.2) is 24.0 Å². The van der Waals surface area contributed by atoms with E-state index in [2.05, 4.69) is 5.32 Å². The minimum atomic E-state index is -0.945. The molecule has 0 radical (unpaired) electrons. The Bertz CT molecular complexity index is 749. The van der Waals surface area contributed by atoms with Crippen molar-refractivity contribution in [2.24, 2.45) is 5.73 Å². The van der Waals surface area contributed by atoms with Crippen molar-refractivity contribution in [1.29, 1.82) is 0 Å². The third-order valence-electron chi connectivity index (χ3n) is 3.66. The van der Waals surface area contributed by atoms with Crippen molar-refractivity contribution in [3.8, 4) is 0 Å². The molecule has 0 bridgehead atoms. The van der Waals surface area contributed by atoms with Gasteiger partial charge in [-0.15, -0.1) is 0 Å². The van der Waals surface area contributed by atoms with Gasteiger partial charge in [-0.2, -0.15) is 0 Å². The Balaban J connectivity index is 1.63. The summed E-state index contributed by atoms with van der Waals surface area (Å²) in [6, 6.07) is 17.3. The summed E-state index contributed by atoms with van der Waals surface area (Å²) in [6.45, 7) is 0.177. The largest absolute Gasteiger partial charge is 0.460 e. The number of ether oxygens (including phenoxy) is 2. The van der Waals surface area contributed by atoms with Crippen LogP contribution in [0.25, 0.3) is 0 Å². The van der Waals surface area contributed by atoms with Gasteiger partial charge >= 0.3 is 12.1 Å². The number of carbonyl (C=O) groups excluding carboxylic acids is 3. The Kier molecular flexibility index (Phi) is 7.99. The van der Waals surface area contributed by atoms with E-state index in [4.69, 9.17) is 15.2 Å². The molecule has 1 atom stereocenters. The summed E-state index contributed by atoms with van der Waals surface area (Å²) in [4.78, 5) is 35.2. The molecule has 0 aliphatic carbocycles. The van der Waals surface area contributed by atoms with E-state index in [9.17, 15) is 14.4 Å². The first kappa shape index (κ1) is 20.1. The highest BCUT2D eigenvalue weighted by Crippen LogP contribution is 2.04. The van der Waals surface area contributed by atoms with E-state index in [-0.39, 0.29) is 26.1 Å². The smallest absolute Gasteiger partial charge is 0.414 e. The topological polar surface area (TPSA) is 108 Å². The fraction of sp³-hybridized carbons (Fsp3) is 0.250. The van der Waals surface area contributed by atoms with E-state index in [1.807, 2.05) is 48.5 Å². The maximum Gasteiger partial charge on any atom is 0.414 e. The lowest BCUT2D eigenvalue weighted by Gasteiger charge is -2.11. The van der Waals surface area contributed by atoms with Crippen LogP contribution in [0.5, 0.6) is 0 Å². The van der Waals surface area contributed by atoms with Crippen molar-refractivity contribution in [2.75, 3.05) is 0 Å². The zero-order valence-corrected chi connectivity index (χ0v) is 14.8. The van der Waals surface area contributed by atoms with E-state index < -0.39 is 24.0 Å². The number of nitrogens with two attached hydrogens (primary N) is 1. The first-order chi connectivity index (χ1) is 13.0.